The first-order chi connectivity index (χ1) is 10.0. The van der Waals surface area contributed by atoms with E-state index in [-0.39, 0.29) is 11.4 Å². The van der Waals surface area contributed by atoms with Crippen LogP contribution in [0.3, 0.4) is 0 Å². The lowest BCUT2D eigenvalue weighted by molar-refractivity contribution is 0.0645. The minimum atomic E-state index is -0.0674. The summed E-state index contributed by atoms with van der Waals surface area (Å²) in [5.41, 5.74) is 1.38. The minimum Gasteiger partial charge on any atom is -0.332 e. The summed E-state index contributed by atoms with van der Waals surface area (Å²) in [6.45, 7) is 9.07. The van der Waals surface area contributed by atoms with Crippen molar-refractivity contribution in [1.29, 1.82) is 0 Å². The lowest BCUT2D eigenvalue weighted by atomic mass is 10.0. The maximum atomic E-state index is 12.8. The van der Waals surface area contributed by atoms with Crippen molar-refractivity contribution in [3.05, 3.63) is 11.4 Å². The second-order valence-electron chi connectivity index (χ2n) is 6.82. The van der Waals surface area contributed by atoms with Gasteiger partial charge < -0.3 is 10.2 Å². The molecule has 0 radical (unpaired) electrons. The summed E-state index contributed by atoms with van der Waals surface area (Å²) < 4.78 is 1.96. The SMILES string of the molecule is Cc1c(C(=O)N2CCCC2(C)C)nnn1C1CCNCC1. The highest BCUT2D eigenvalue weighted by Gasteiger charge is 2.38. The fourth-order valence-electron chi connectivity index (χ4n) is 3.55. The average Bonchev–Trinajstić information content (AvgIpc) is 3.01. The van der Waals surface area contributed by atoms with Crippen LogP contribution in [-0.4, -0.2) is 51.0 Å². The zero-order chi connectivity index (χ0) is 15.0. The van der Waals surface area contributed by atoms with Crippen LogP contribution in [-0.2, 0) is 0 Å². The van der Waals surface area contributed by atoms with Crippen molar-refractivity contribution in [1.82, 2.24) is 25.2 Å². The standard InChI is InChI=1S/C15H25N5O/c1-11-13(14(21)19-10-4-7-15(19,2)3)17-18-20(11)12-5-8-16-9-6-12/h12,16H,4-10H2,1-3H3. The third kappa shape index (κ3) is 2.57. The number of carbonyl (C=O) groups excluding carboxylic acids is 1. The van der Waals surface area contributed by atoms with Gasteiger partial charge in [-0.15, -0.1) is 5.10 Å². The van der Waals surface area contributed by atoms with Crippen LogP contribution in [0, 0.1) is 6.92 Å². The molecule has 116 valence electrons. The van der Waals surface area contributed by atoms with Gasteiger partial charge in [0, 0.05) is 12.1 Å². The molecule has 0 atom stereocenters. The van der Waals surface area contributed by atoms with Gasteiger partial charge in [0.15, 0.2) is 5.69 Å². The van der Waals surface area contributed by atoms with Gasteiger partial charge in [0.1, 0.15) is 0 Å². The van der Waals surface area contributed by atoms with E-state index in [9.17, 15) is 4.79 Å². The first-order valence-corrected chi connectivity index (χ1v) is 7.95. The van der Waals surface area contributed by atoms with Gasteiger partial charge in [-0.1, -0.05) is 5.21 Å². The summed E-state index contributed by atoms with van der Waals surface area (Å²) >= 11 is 0. The molecule has 2 fully saturated rings. The first kappa shape index (κ1) is 14.5. The highest BCUT2D eigenvalue weighted by Crippen LogP contribution is 2.30. The Kier molecular flexibility index (Phi) is 3.73. The summed E-state index contributed by atoms with van der Waals surface area (Å²) in [7, 11) is 0. The van der Waals surface area contributed by atoms with Crippen molar-refractivity contribution in [2.24, 2.45) is 0 Å². The lowest BCUT2D eigenvalue weighted by Gasteiger charge is -2.31. The first-order valence-electron chi connectivity index (χ1n) is 7.95. The average molecular weight is 291 g/mol. The number of piperidine rings is 1. The largest absolute Gasteiger partial charge is 0.332 e. The normalized spacial score (nSPS) is 22.7. The molecule has 1 N–H and O–H groups in total. The van der Waals surface area contributed by atoms with Crippen LogP contribution in [0.15, 0.2) is 0 Å². The fraction of sp³-hybridized carbons (Fsp3) is 0.800. The summed E-state index contributed by atoms with van der Waals surface area (Å²) in [6, 6.07) is 0.367. The van der Waals surface area contributed by atoms with E-state index in [0.717, 1.165) is 51.0 Å². The number of amides is 1. The predicted molar refractivity (Wildman–Crippen MR) is 80.2 cm³/mol. The van der Waals surface area contributed by atoms with Crippen molar-refractivity contribution in [2.75, 3.05) is 19.6 Å². The van der Waals surface area contributed by atoms with Crippen LogP contribution in [0.4, 0.5) is 0 Å². The smallest absolute Gasteiger partial charge is 0.276 e. The lowest BCUT2D eigenvalue weighted by Crippen LogP contribution is -2.43. The molecule has 0 aromatic carbocycles. The number of rotatable bonds is 2. The molecule has 1 aromatic rings. The van der Waals surface area contributed by atoms with Gasteiger partial charge in [-0.3, -0.25) is 4.79 Å². The third-order valence-corrected chi connectivity index (χ3v) is 4.93. The molecule has 3 heterocycles. The van der Waals surface area contributed by atoms with Crippen LogP contribution in [0.2, 0.25) is 0 Å². The number of aromatic nitrogens is 3. The maximum Gasteiger partial charge on any atom is 0.276 e. The molecule has 0 spiro atoms. The van der Waals surface area contributed by atoms with Gasteiger partial charge in [0.25, 0.3) is 5.91 Å². The highest BCUT2D eigenvalue weighted by atomic mass is 16.2. The molecular weight excluding hydrogens is 266 g/mol. The Labute approximate surface area is 125 Å². The molecule has 1 aromatic heterocycles. The van der Waals surface area contributed by atoms with E-state index in [1.54, 1.807) is 0 Å². The summed E-state index contributed by atoms with van der Waals surface area (Å²) in [5, 5.41) is 11.8. The van der Waals surface area contributed by atoms with E-state index in [2.05, 4.69) is 29.5 Å². The number of likely N-dealkylation sites (tertiary alicyclic amines) is 1. The number of hydrogen-bond acceptors (Lipinski definition) is 4. The number of nitrogens with zero attached hydrogens (tertiary/aromatic N) is 4. The van der Waals surface area contributed by atoms with Crippen LogP contribution in [0.25, 0.3) is 0 Å². The van der Waals surface area contributed by atoms with Gasteiger partial charge in [0.2, 0.25) is 0 Å². The molecule has 0 saturated carbocycles. The zero-order valence-corrected chi connectivity index (χ0v) is 13.2. The molecule has 0 aliphatic carbocycles. The molecule has 1 amide bonds. The van der Waals surface area contributed by atoms with Crippen LogP contribution in [0.1, 0.15) is 61.8 Å². The molecule has 2 aliphatic heterocycles. The molecule has 3 rings (SSSR count). The van der Waals surface area contributed by atoms with E-state index in [4.69, 9.17) is 0 Å². The quantitative estimate of drug-likeness (QED) is 0.897. The maximum absolute atomic E-state index is 12.8. The Hall–Kier alpha value is -1.43. The Bertz CT molecular complexity index is 530. The second kappa shape index (κ2) is 5.40. The highest BCUT2D eigenvalue weighted by molar-refractivity contribution is 5.93. The van der Waals surface area contributed by atoms with Gasteiger partial charge in [-0.2, -0.15) is 0 Å². The molecular formula is C15H25N5O. The van der Waals surface area contributed by atoms with Crippen molar-refractivity contribution in [2.45, 2.75) is 58.0 Å². The molecule has 6 heteroatoms. The summed E-state index contributed by atoms with van der Waals surface area (Å²) in [4.78, 5) is 14.7. The third-order valence-electron chi connectivity index (χ3n) is 4.93. The van der Waals surface area contributed by atoms with Gasteiger partial charge in [0.05, 0.1) is 11.7 Å². The number of hydrogen-bond donors (Lipinski definition) is 1. The zero-order valence-electron chi connectivity index (χ0n) is 13.2. The van der Waals surface area contributed by atoms with E-state index >= 15 is 0 Å². The van der Waals surface area contributed by atoms with Gasteiger partial charge >= 0.3 is 0 Å². The van der Waals surface area contributed by atoms with Crippen molar-refractivity contribution >= 4 is 5.91 Å². The Morgan fingerprint density at radius 3 is 2.67 bits per heavy atom. The second-order valence-corrected chi connectivity index (χ2v) is 6.82. The molecule has 0 unspecified atom stereocenters. The van der Waals surface area contributed by atoms with Gasteiger partial charge in [-0.25, -0.2) is 4.68 Å². The van der Waals surface area contributed by atoms with E-state index in [0.29, 0.717) is 11.7 Å². The molecule has 2 saturated heterocycles. The monoisotopic (exact) mass is 291 g/mol. The number of carbonyl (C=O) groups is 1. The number of nitrogens with one attached hydrogen (secondary N) is 1. The Balaban J connectivity index is 1.83. The minimum absolute atomic E-state index is 0.0372. The molecule has 2 aliphatic rings. The van der Waals surface area contributed by atoms with Crippen LogP contribution >= 0.6 is 0 Å². The summed E-state index contributed by atoms with van der Waals surface area (Å²) in [6.07, 6.45) is 4.22. The summed E-state index contributed by atoms with van der Waals surface area (Å²) in [5.74, 6) is 0.0372. The van der Waals surface area contributed by atoms with Crippen molar-refractivity contribution in [3.63, 3.8) is 0 Å². The molecule has 21 heavy (non-hydrogen) atoms. The van der Waals surface area contributed by atoms with Crippen LogP contribution in [0.5, 0.6) is 0 Å². The van der Waals surface area contributed by atoms with Crippen molar-refractivity contribution in [3.8, 4) is 0 Å². The Morgan fingerprint density at radius 2 is 2.05 bits per heavy atom. The topological polar surface area (TPSA) is 63.1 Å². The predicted octanol–water partition coefficient (Wildman–Crippen LogP) is 1.53. The molecule has 0 bridgehead atoms. The van der Waals surface area contributed by atoms with E-state index in [1.165, 1.54) is 0 Å². The Morgan fingerprint density at radius 1 is 1.33 bits per heavy atom. The van der Waals surface area contributed by atoms with Crippen LogP contribution < -0.4 is 5.32 Å². The van der Waals surface area contributed by atoms with Crippen molar-refractivity contribution < 1.29 is 4.79 Å². The fourth-order valence-corrected chi connectivity index (χ4v) is 3.55. The van der Waals surface area contributed by atoms with E-state index < -0.39 is 0 Å². The van der Waals surface area contributed by atoms with Gasteiger partial charge in [-0.05, 0) is 59.5 Å². The van der Waals surface area contributed by atoms with E-state index in [1.807, 2.05) is 16.5 Å². The molecule has 6 nitrogen and oxygen atoms in total.